The Labute approximate surface area is 97.8 Å². The van der Waals surface area contributed by atoms with Crippen molar-refractivity contribution in [2.75, 3.05) is 25.5 Å². The molecule has 1 rings (SSSR count). The molecule has 1 saturated heterocycles. The molecular weight excluding hydrogens is 228 g/mol. The maximum absolute atomic E-state index is 11.9. The first kappa shape index (κ1) is 13.9. The van der Waals surface area contributed by atoms with Crippen LogP contribution in [0.1, 0.15) is 26.7 Å². The quantitative estimate of drug-likeness (QED) is 0.723. The number of hydrogen-bond donors (Lipinski definition) is 2. The third-order valence-corrected chi connectivity index (χ3v) is 4.61. The van der Waals surface area contributed by atoms with Gasteiger partial charge in [0.05, 0.1) is 5.75 Å². The lowest BCUT2D eigenvalue weighted by Gasteiger charge is -2.36. The summed E-state index contributed by atoms with van der Waals surface area (Å²) in [5, 5.41) is 0. The van der Waals surface area contributed by atoms with Crippen LogP contribution >= 0.6 is 0 Å². The van der Waals surface area contributed by atoms with E-state index in [2.05, 4.69) is 4.72 Å². The van der Waals surface area contributed by atoms with Gasteiger partial charge in [-0.15, -0.1) is 0 Å². The molecule has 1 aliphatic heterocycles. The Morgan fingerprint density at radius 1 is 1.38 bits per heavy atom. The fourth-order valence-corrected chi connectivity index (χ4v) is 3.83. The highest BCUT2D eigenvalue weighted by Crippen LogP contribution is 2.20. The Bertz CT molecular complexity index is 308. The molecule has 16 heavy (non-hydrogen) atoms. The first-order valence-corrected chi connectivity index (χ1v) is 7.34. The zero-order valence-corrected chi connectivity index (χ0v) is 10.8. The van der Waals surface area contributed by atoms with E-state index in [0.717, 1.165) is 0 Å². The standard InChI is InChI=1S/C10H22N2O3S/c1-9(2)7-16(13,14)12-10(8-11)3-5-15-6-4-10/h9,12H,3-8,11H2,1-2H3. The van der Waals surface area contributed by atoms with Crippen LogP contribution in [0.5, 0.6) is 0 Å². The number of rotatable bonds is 5. The van der Waals surface area contributed by atoms with Crippen molar-refractivity contribution in [2.45, 2.75) is 32.2 Å². The SMILES string of the molecule is CC(C)CS(=O)(=O)NC1(CN)CCOCC1. The minimum absolute atomic E-state index is 0.118. The molecule has 0 spiro atoms. The Morgan fingerprint density at radius 2 is 1.94 bits per heavy atom. The summed E-state index contributed by atoms with van der Waals surface area (Å²) in [5.41, 5.74) is 5.20. The van der Waals surface area contributed by atoms with Gasteiger partial charge in [0.25, 0.3) is 0 Å². The lowest BCUT2D eigenvalue weighted by molar-refractivity contribution is 0.0502. The second kappa shape index (κ2) is 5.44. The first-order valence-electron chi connectivity index (χ1n) is 5.69. The number of nitrogens with two attached hydrogens (primary N) is 1. The summed E-state index contributed by atoms with van der Waals surface area (Å²) in [6, 6.07) is 0. The van der Waals surface area contributed by atoms with Crippen molar-refractivity contribution in [3.63, 3.8) is 0 Å². The van der Waals surface area contributed by atoms with Crippen molar-refractivity contribution in [1.82, 2.24) is 4.72 Å². The zero-order valence-electron chi connectivity index (χ0n) is 10.0. The second-order valence-corrected chi connectivity index (χ2v) is 6.64. The summed E-state index contributed by atoms with van der Waals surface area (Å²) < 4.78 is 31.7. The summed E-state index contributed by atoms with van der Waals surface area (Å²) in [4.78, 5) is 0. The molecule has 3 N–H and O–H groups in total. The molecule has 0 aromatic heterocycles. The van der Waals surface area contributed by atoms with Crippen LogP contribution < -0.4 is 10.5 Å². The fraction of sp³-hybridized carbons (Fsp3) is 1.00. The van der Waals surface area contributed by atoms with Crippen LogP contribution in [0.15, 0.2) is 0 Å². The molecule has 0 aromatic rings. The van der Waals surface area contributed by atoms with Gasteiger partial charge in [-0.1, -0.05) is 13.8 Å². The van der Waals surface area contributed by atoms with Crippen molar-refractivity contribution >= 4 is 10.0 Å². The molecule has 1 fully saturated rings. The first-order chi connectivity index (χ1) is 7.39. The van der Waals surface area contributed by atoms with Crippen molar-refractivity contribution < 1.29 is 13.2 Å². The fourth-order valence-electron chi connectivity index (χ4n) is 1.92. The van der Waals surface area contributed by atoms with Crippen molar-refractivity contribution in [3.05, 3.63) is 0 Å². The normalized spacial score (nSPS) is 21.2. The molecular formula is C10H22N2O3S. The molecule has 0 bridgehead atoms. The van der Waals surface area contributed by atoms with Crippen LogP contribution in [-0.2, 0) is 14.8 Å². The van der Waals surface area contributed by atoms with Gasteiger partial charge in [-0.05, 0) is 18.8 Å². The van der Waals surface area contributed by atoms with E-state index < -0.39 is 15.6 Å². The van der Waals surface area contributed by atoms with E-state index in [0.29, 0.717) is 32.6 Å². The molecule has 1 aliphatic rings. The number of nitrogens with one attached hydrogen (secondary N) is 1. The number of ether oxygens (including phenoxy) is 1. The maximum atomic E-state index is 11.9. The highest BCUT2D eigenvalue weighted by atomic mass is 32.2. The van der Waals surface area contributed by atoms with E-state index in [1.165, 1.54) is 0 Å². The number of sulfonamides is 1. The zero-order chi connectivity index (χ0) is 12.2. The molecule has 5 nitrogen and oxygen atoms in total. The molecule has 0 atom stereocenters. The largest absolute Gasteiger partial charge is 0.381 e. The monoisotopic (exact) mass is 250 g/mol. The molecule has 96 valence electrons. The van der Waals surface area contributed by atoms with Gasteiger partial charge in [0.1, 0.15) is 0 Å². The predicted octanol–water partition coefficient (Wildman–Crippen LogP) is 0.0697. The second-order valence-electron chi connectivity index (χ2n) is 4.87. The average Bonchev–Trinajstić information content (AvgIpc) is 2.16. The van der Waals surface area contributed by atoms with Gasteiger partial charge < -0.3 is 10.5 Å². The molecule has 0 radical (unpaired) electrons. The summed E-state index contributed by atoms with van der Waals surface area (Å²) in [5.74, 6) is 0.266. The van der Waals surface area contributed by atoms with Crippen LogP contribution in [0.4, 0.5) is 0 Å². The van der Waals surface area contributed by atoms with Gasteiger partial charge in [-0.3, -0.25) is 0 Å². The smallest absolute Gasteiger partial charge is 0.212 e. The Balaban J connectivity index is 2.68. The lowest BCUT2D eigenvalue weighted by Crippen LogP contribution is -2.57. The van der Waals surface area contributed by atoms with Crippen LogP contribution in [0.3, 0.4) is 0 Å². The molecule has 0 saturated carbocycles. The van der Waals surface area contributed by atoms with Gasteiger partial charge in [0, 0.05) is 25.3 Å². The molecule has 0 amide bonds. The number of hydrogen-bond acceptors (Lipinski definition) is 4. The van der Waals surface area contributed by atoms with Crippen LogP contribution in [0, 0.1) is 5.92 Å². The summed E-state index contributed by atoms with van der Waals surface area (Å²) >= 11 is 0. The summed E-state index contributed by atoms with van der Waals surface area (Å²) in [7, 11) is -3.24. The van der Waals surface area contributed by atoms with Gasteiger partial charge >= 0.3 is 0 Å². The summed E-state index contributed by atoms with van der Waals surface area (Å²) in [6.45, 7) is 5.24. The van der Waals surface area contributed by atoms with E-state index in [1.54, 1.807) is 0 Å². The van der Waals surface area contributed by atoms with Crippen LogP contribution in [0.25, 0.3) is 0 Å². The maximum Gasteiger partial charge on any atom is 0.212 e. The van der Waals surface area contributed by atoms with E-state index in [9.17, 15) is 8.42 Å². The topological polar surface area (TPSA) is 81.4 Å². The van der Waals surface area contributed by atoms with Crippen molar-refractivity contribution in [3.8, 4) is 0 Å². The van der Waals surface area contributed by atoms with Gasteiger partial charge in [-0.25, -0.2) is 13.1 Å². The van der Waals surface area contributed by atoms with Gasteiger partial charge in [0.2, 0.25) is 10.0 Å². The Hall–Kier alpha value is -0.170. The van der Waals surface area contributed by atoms with E-state index in [-0.39, 0.29) is 11.7 Å². The third kappa shape index (κ3) is 4.01. The van der Waals surface area contributed by atoms with Gasteiger partial charge in [0.15, 0.2) is 0 Å². The Kier molecular flexibility index (Phi) is 4.73. The van der Waals surface area contributed by atoms with E-state index in [4.69, 9.17) is 10.5 Å². The molecule has 6 heteroatoms. The highest BCUT2D eigenvalue weighted by Gasteiger charge is 2.35. The van der Waals surface area contributed by atoms with E-state index in [1.807, 2.05) is 13.8 Å². The molecule has 0 aliphatic carbocycles. The van der Waals surface area contributed by atoms with E-state index >= 15 is 0 Å². The molecule has 0 unspecified atom stereocenters. The predicted molar refractivity (Wildman–Crippen MR) is 63.6 cm³/mol. The van der Waals surface area contributed by atoms with Crippen molar-refractivity contribution in [2.24, 2.45) is 11.7 Å². The molecule has 1 heterocycles. The average molecular weight is 250 g/mol. The Morgan fingerprint density at radius 3 is 2.38 bits per heavy atom. The highest BCUT2D eigenvalue weighted by molar-refractivity contribution is 7.89. The summed E-state index contributed by atoms with van der Waals surface area (Å²) in [6.07, 6.45) is 1.31. The minimum atomic E-state index is -3.24. The van der Waals surface area contributed by atoms with Crippen LogP contribution in [0.2, 0.25) is 0 Å². The van der Waals surface area contributed by atoms with Crippen molar-refractivity contribution in [1.29, 1.82) is 0 Å². The minimum Gasteiger partial charge on any atom is -0.381 e. The molecule has 0 aromatic carbocycles. The third-order valence-electron chi connectivity index (χ3n) is 2.77. The van der Waals surface area contributed by atoms with Crippen LogP contribution in [-0.4, -0.2) is 39.5 Å². The lowest BCUT2D eigenvalue weighted by atomic mass is 9.92. The van der Waals surface area contributed by atoms with Gasteiger partial charge in [-0.2, -0.15) is 0 Å².